The first-order chi connectivity index (χ1) is 13.1. The number of carbonyl (C=O) groups is 1. The number of rotatable bonds is 7. The van der Waals surface area contributed by atoms with Crippen LogP contribution in [0.5, 0.6) is 0 Å². The summed E-state index contributed by atoms with van der Waals surface area (Å²) in [6.45, 7) is 3.91. The summed E-state index contributed by atoms with van der Waals surface area (Å²) in [6.07, 6.45) is 7.08. The van der Waals surface area contributed by atoms with Gasteiger partial charge >= 0.3 is 0 Å². The second-order valence-corrected chi connectivity index (χ2v) is 9.61. The number of carbonyl (C=O) groups excluding carboxylic acids is 1. The van der Waals surface area contributed by atoms with Crippen LogP contribution in [0.2, 0.25) is 0 Å². The van der Waals surface area contributed by atoms with Crippen molar-refractivity contribution in [2.24, 2.45) is 0 Å². The number of unbranched alkanes of at least 4 members (excludes halogenated alkanes) is 1. The highest BCUT2D eigenvalue weighted by Gasteiger charge is 2.68. The maximum absolute atomic E-state index is 10.9. The Morgan fingerprint density at radius 2 is 1.78 bits per heavy atom. The molecule has 6 aliphatic heterocycles. The molecule has 0 aromatic carbocycles. The van der Waals surface area contributed by atoms with Crippen LogP contribution in [-0.2, 0) is 28.5 Å². The van der Waals surface area contributed by atoms with E-state index in [1.165, 1.54) is 0 Å². The molecule has 7 heteroatoms. The fourth-order valence-corrected chi connectivity index (χ4v) is 5.75. The number of hydrogen-bond acceptors (Lipinski definition) is 6. The molecular weight excluding hydrogens is 416 g/mol. The van der Waals surface area contributed by atoms with Gasteiger partial charge in [0.25, 0.3) is 0 Å². The molecule has 6 saturated heterocycles. The van der Waals surface area contributed by atoms with Gasteiger partial charge in [-0.25, -0.2) is 0 Å². The van der Waals surface area contributed by atoms with Crippen LogP contribution < -0.4 is 0 Å². The summed E-state index contributed by atoms with van der Waals surface area (Å²) >= 11 is 3.43. The topological polar surface area (TPSA) is 63.2 Å². The summed E-state index contributed by atoms with van der Waals surface area (Å²) < 4.78 is 33.1. The predicted octanol–water partition coefficient (Wildman–Crippen LogP) is 3.01. The quantitative estimate of drug-likeness (QED) is 0.446. The van der Waals surface area contributed by atoms with Gasteiger partial charge in [-0.3, -0.25) is 0 Å². The van der Waals surface area contributed by atoms with Crippen molar-refractivity contribution < 1.29 is 28.5 Å². The predicted molar refractivity (Wildman–Crippen MR) is 99.5 cm³/mol. The lowest BCUT2D eigenvalue weighted by Gasteiger charge is -2.47. The highest BCUT2D eigenvalue weighted by molar-refractivity contribution is 9.11. The summed E-state index contributed by atoms with van der Waals surface area (Å²) in [4.78, 5) is 10.9. The zero-order chi connectivity index (χ0) is 18.6. The maximum atomic E-state index is 10.9. The molecule has 6 rings (SSSR count). The van der Waals surface area contributed by atoms with Crippen molar-refractivity contribution in [3.8, 4) is 0 Å². The zero-order valence-corrected chi connectivity index (χ0v) is 17.0. The van der Waals surface area contributed by atoms with Crippen LogP contribution in [0.3, 0.4) is 0 Å². The highest BCUT2D eigenvalue weighted by Crippen LogP contribution is 2.53. The van der Waals surface area contributed by atoms with E-state index in [-0.39, 0.29) is 48.8 Å². The average Bonchev–Trinajstić information content (AvgIpc) is 3.04. The molecule has 0 aliphatic carbocycles. The third-order valence-electron chi connectivity index (χ3n) is 6.64. The Kier molecular flexibility index (Phi) is 4.98. The van der Waals surface area contributed by atoms with E-state index >= 15 is 0 Å². The van der Waals surface area contributed by atoms with E-state index in [1.54, 1.807) is 0 Å². The lowest BCUT2D eigenvalue weighted by atomic mass is 9.87. The van der Waals surface area contributed by atoms with Crippen LogP contribution in [0, 0.1) is 0 Å². The summed E-state index contributed by atoms with van der Waals surface area (Å²) in [5, 5.41) is 0. The van der Waals surface area contributed by atoms with Gasteiger partial charge in [-0.1, -0.05) is 22.5 Å². The third kappa shape index (κ3) is 3.24. The van der Waals surface area contributed by atoms with Gasteiger partial charge in [-0.15, -0.1) is 0 Å². The average molecular weight is 443 g/mol. The van der Waals surface area contributed by atoms with Gasteiger partial charge in [0.05, 0.1) is 18.3 Å². The van der Waals surface area contributed by atoms with Crippen LogP contribution in [-0.4, -0.2) is 60.9 Å². The number of allylic oxidation sites excluding steroid dienone is 1. The van der Waals surface area contributed by atoms with Gasteiger partial charge in [-0.2, -0.15) is 0 Å². The molecule has 0 aromatic heterocycles. The number of fused-ring (bicyclic) bond motifs is 1. The van der Waals surface area contributed by atoms with E-state index in [1.807, 2.05) is 0 Å². The van der Waals surface area contributed by atoms with Crippen LogP contribution in [0.15, 0.2) is 11.1 Å². The smallest absolute Gasteiger partial charge is 0.172 e. The molecule has 0 N–H and O–H groups in total. The van der Waals surface area contributed by atoms with E-state index in [9.17, 15) is 4.79 Å². The molecule has 0 amide bonds. The van der Waals surface area contributed by atoms with Gasteiger partial charge in [0.1, 0.15) is 36.8 Å². The minimum absolute atomic E-state index is 0.00165. The van der Waals surface area contributed by atoms with Crippen molar-refractivity contribution in [2.45, 2.75) is 106 Å². The largest absolute Gasteiger partial charge is 0.369 e. The first-order valence-corrected chi connectivity index (χ1v) is 11.0. The molecule has 0 radical (unpaired) electrons. The molecule has 6 bridgehead atoms. The molecule has 6 heterocycles. The van der Waals surface area contributed by atoms with E-state index in [0.717, 1.165) is 55.7 Å². The normalized spacial score (nSPS) is 49.7. The highest BCUT2D eigenvalue weighted by atomic mass is 79.9. The maximum Gasteiger partial charge on any atom is 0.172 e. The minimum atomic E-state index is -0.601. The third-order valence-corrected chi connectivity index (χ3v) is 7.04. The Hall–Kier alpha value is -0.310. The lowest BCUT2D eigenvalue weighted by molar-refractivity contribution is -0.291. The Bertz CT molecular complexity index is 613. The van der Waals surface area contributed by atoms with Gasteiger partial charge in [0, 0.05) is 19.3 Å². The van der Waals surface area contributed by atoms with Crippen LogP contribution >= 0.6 is 15.9 Å². The fourth-order valence-electron chi connectivity index (χ4n) is 5.47. The molecule has 27 heavy (non-hydrogen) atoms. The summed E-state index contributed by atoms with van der Waals surface area (Å²) in [5.41, 5.74) is 0. The van der Waals surface area contributed by atoms with Crippen molar-refractivity contribution >= 4 is 22.2 Å². The number of halogens is 1. The van der Waals surface area contributed by atoms with Crippen LogP contribution in [0.25, 0.3) is 0 Å². The molecule has 9 atom stereocenters. The standard InChI is InChI=1S/C20H27BrO6/c1-11(21)4-2-3-8-20-10-14-16(26-20)17-18(25-14)19(27-20)15-13(24-17)6-5-12(23-15)7-9-22/h9,12-19H,1-8,10H2/t12-,13+,14-,15+,16+,17+,18-,19+,20+/m1/s1. The summed E-state index contributed by atoms with van der Waals surface area (Å²) in [5.74, 6) is -0.601. The Balaban J connectivity index is 1.34. The van der Waals surface area contributed by atoms with Crippen molar-refractivity contribution in [3.05, 3.63) is 11.1 Å². The molecule has 150 valence electrons. The Labute approximate surface area is 168 Å². The molecule has 0 unspecified atom stereocenters. The van der Waals surface area contributed by atoms with Gasteiger partial charge < -0.3 is 28.5 Å². The monoisotopic (exact) mass is 442 g/mol. The van der Waals surface area contributed by atoms with E-state index in [4.69, 9.17) is 23.7 Å². The number of hydrogen-bond donors (Lipinski definition) is 0. The van der Waals surface area contributed by atoms with Gasteiger partial charge in [0.2, 0.25) is 0 Å². The van der Waals surface area contributed by atoms with Crippen molar-refractivity contribution in [2.75, 3.05) is 0 Å². The first kappa shape index (κ1) is 18.7. The zero-order valence-electron chi connectivity index (χ0n) is 15.4. The lowest BCUT2D eigenvalue weighted by Crippen LogP contribution is -2.61. The fraction of sp³-hybridized carbons (Fsp3) is 0.850. The van der Waals surface area contributed by atoms with Crippen molar-refractivity contribution in [1.82, 2.24) is 0 Å². The van der Waals surface area contributed by atoms with Crippen molar-refractivity contribution in [1.29, 1.82) is 0 Å². The van der Waals surface area contributed by atoms with E-state index in [2.05, 4.69) is 22.5 Å². The second kappa shape index (κ2) is 7.18. The number of ether oxygens (including phenoxy) is 5. The van der Waals surface area contributed by atoms with Gasteiger partial charge in [-0.05, 0) is 36.6 Å². The van der Waals surface area contributed by atoms with Crippen LogP contribution in [0.4, 0.5) is 0 Å². The van der Waals surface area contributed by atoms with Crippen molar-refractivity contribution in [3.63, 3.8) is 0 Å². The first-order valence-electron chi connectivity index (χ1n) is 10.2. The molecule has 0 aromatic rings. The molecule has 6 fully saturated rings. The molecule has 0 spiro atoms. The van der Waals surface area contributed by atoms with Crippen LogP contribution in [0.1, 0.15) is 51.4 Å². The molecular formula is C20H27BrO6. The van der Waals surface area contributed by atoms with Gasteiger partial charge in [0.15, 0.2) is 5.79 Å². The van der Waals surface area contributed by atoms with E-state index < -0.39 is 5.79 Å². The SMILES string of the molecule is C=C(Br)CCCC[C@@]12C[C@H]3O[C@H]4[C@@H](O1)[C@H]1O[C@@H](CC=O)CC[C@@H]1O[C@H]4[C@H]3O2. The Morgan fingerprint density at radius 3 is 2.59 bits per heavy atom. The molecule has 6 nitrogen and oxygen atoms in total. The molecule has 6 aliphatic rings. The summed E-state index contributed by atoms with van der Waals surface area (Å²) in [6, 6.07) is 0. The Morgan fingerprint density at radius 1 is 1.00 bits per heavy atom. The summed E-state index contributed by atoms with van der Waals surface area (Å²) in [7, 11) is 0. The second-order valence-electron chi connectivity index (χ2n) is 8.48. The minimum Gasteiger partial charge on any atom is -0.369 e. The number of aldehydes is 1. The van der Waals surface area contributed by atoms with E-state index in [0.29, 0.717) is 6.42 Å². The molecule has 0 saturated carbocycles.